The van der Waals surface area contributed by atoms with E-state index in [9.17, 15) is 0 Å². The molecular formula is C18H21N5O2. The van der Waals surface area contributed by atoms with Crippen molar-refractivity contribution in [2.75, 3.05) is 37.9 Å². The molecule has 0 aliphatic carbocycles. The third kappa shape index (κ3) is 2.98. The predicted molar refractivity (Wildman–Crippen MR) is 97.0 cm³/mol. The van der Waals surface area contributed by atoms with Crippen LogP contribution in [0.3, 0.4) is 0 Å². The van der Waals surface area contributed by atoms with Crippen molar-refractivity contribution >= 4 is 22.8 Å². The smallest absolute Gasteiger partial charge is 0.222 e. The van der Waals surface area contributed by atoms with E-state index in [0.717, 1.165) is 41.2 Å². The van der Waals surface area contributed by atoms with Gasteiger partial charge in [-0.25, -0.2) is 4.98 Å². The first kappa shape index (κ1) is 15.7. The van der Waals surface area contributed by atoms with Crippen molar-refractivity contribution in [2.24, 2.45) is 0 Å². The van der Waals surface area contributed by atoms with Crippen molar-refractivity contribution in [3.63, 3.8) is 0 Å². The Hall–Kier alpha value is -2.80. The molecular weight excluding hydrogens is 318 g/mol. The lowest BCUT2D eigenvalue weighted by Gasteiger charge is -2.13. The van der Waals surface area contributed by atoms with Gasteiger partial charge in [-0.2, -0.15) is 4.98 Å². The fourth-order valence-electron chi connectivity index (χ4n) is 3.24. The minimum atomic E-state index is 0.258. The minimum Gasteiger partial charge on any atom is -0.493 e. The van der Waals surface area contributed by atoms with E-state index < -0.39 is 0 Å². The van der Waals surface area contributed by atoms with Gasteiger partial charge in [0.2, 0.25) is 5.95 Å². The summed E-state index contributed by atoms with van der Waals surface area (Å²) in [5.74, 6) is 1.99. The molecule has 25 heavy (non-hydrogen) atoms. The molecule has 0 bridgehead atoms. The Kier molecular flexibility index (Phi) is 4.15. The minimum absolute atomic E-state index is 0.258. The van der Waals surface area contributed by atoms with E-state index in [0.29, 0.717) is 19.7 Å². The second-order valence-corrected chi connectivity index (χ2v) is 6.03. The average Bonchev–Trinajstić information content (AvgIpc) is 3.23. The number of para-hydroxylation sites is 1. The number of ether oxygens (including phenoxy) is 2. The number of fused-ring (bicyclic) bond motifs is 2. The highest BCUT2D eigenvalue weighted by Gasteiger charge is 2.18. The maximum Gasteiger partial charge on any atom is 0.222 e. The molecule has 7 nitrogen and oxygen atoms in total. The molecule has 7 heteroatoms. The summed E-state index contributed by atoms with van der Waals surface area (Å²) in [7, 11) is 1.67. The Labute approximate surface area is 145 Å². The number of nitrogens with one attached hydrogen (secondary N) is 1. The second kappa shape index (κ2) is 6.60. The van der Waals surface area contributed by atoms with Crippen molar-refractivity contribution in [3.8, 4) is 5.75 Å². The van der Waals surface area contributed by atoms with Gasteiger partial charge in [0, 0.05) is 31.8 Å². The van der Waals surface area contributed by atoms with Crippen molar-refractivity contribution in [1.29, 1.82) is 0 Å². The fourth-order valence-corrected chi connectivity index (χ4v) is 3.24. The summed E-state index contributed by atoms with van der Waals surface area (Å²) in [6, 6.07) is 8.27. The van der Waals surface area contributed by atoms with Gasteiger partial charge in [0.15, 0.2) is 5.82 Å². The molecule has 0 atom stereocenters. The lowest BCUT2D eigenvalue weighted by molar-refractivity contribution is 0.210. The summed E-state index contributed by atoms with van der Waals surface area (Å²) in [4.78, 5) is 8.71. The number of nitrogens with zero attached hydrogens (tertiary/aromatic N) is 3. The summed E-state index contributed by atoms with van der Waals surface area (Å²) in [6.07, 6.45) is 2.98. The molecule has 1 aliphatic heterocycles. The third-order valence-corrected chi connectivity index (χ3v) is 4.36. The normalized spacial score (nSPS) is 13.0. The van der Waals surface area contributed by atoms with E-state index >= 15 is 0 Å². The zero-order chi connectivity index (χ0) is 17.2. The first-order valence-corrected chi connectivity index (χ1v) is 8.35. The van der Waals surface area contributed by atoms with Crippen molar-refractivity contribution in [2.45, 2.75) is 13.0 Å². The summed E-state index contributed by atoms with van der Waals surface area (Å²) in [5.41, 5.74) is 10.0. The van der Waals surface area contributed by atoms with E-state index in [1.54, 1.807) is 7.11 Å². The molecule has 130 valence electrons. The van der Waals surface area contributed by atoms with Gasteiger partial charge in [0.25, 0.3) is 0 Å². The molecule has 0 unspecified atom stereocenters. The number of anilines is 2. The number of nitrogen functional groups attached to an aromatic ring is 1. The fraction of sp³-hybridized carbons (Fsp3) is 0.333. The van der Waals surface area contributed by atoms with Gasteiger partial charge in [-0.3, -0.25) is 0 Å². The second-order valence-electron chi connectivity index (χ2n) is 6.03. The summed E-state index contributed by atoms with van der Waals surface area (Å²) in [6.45, 7) is 2.68. The molecule has 1 aromatic carbocycles. The monoisotopic (exact) mass is 339 g/mol. The topological polar surface area (TPSA) is 87.2 Å². The van der Waals surface area contributed by atoms with E-state index in [1.165, 1.54) is 5.56 Å². The number of benzene rings is 1. The van der Waals surface area contributed by atoms with Crippen LogP contribution < -0.4 is 15.8 Å². The van der Waals surface area contributed by atoms with E-state index in [2.05, 4.69) is 38.1 Å². The van der Waals surface area contributed by atoms with Gasteiger partial charge in [-0.05, 0) is 11.6 Å². The Morgan fingerprint density at radius 1 is 1.32 bits per heavy atom. The Morgan fingerprint density at radius 2 is 2.24 bits per heavy atom. The SMILES string of the molecule is COCCNc1nc(N)nc2ccn(Cc3cccc4c3OCC4)c12. The maximum absolute atomic E-state index is 5.84. The van der Waals surface area contributed by atoms with Gasteiger partial charge in [0.05, 0.1) is 25.3 Å². The van der Waals surface area contributed by atoms with Crippen LogP contribution >= 0.6 is 0 Å². The highest BCUT2D eigenvalue weighted by Crippen LogP contribution is 2.31. The molecule has 1 aliphatic rings. The Balaban J connectivity index is 1.71. The largest absolute Gasteiger partial charge is 0.493 e. The van der Waals surface area contributed by atoms with Crippen molar-refractivity contribution < 1.29 is 9.47 Å². The lowest BCUT2D eigenvalue weighted by atomic mass is 10.1. The van der Waals surface area contributed by atoms with E-state index in [4.69, 9.17) is 15.2 Å². The standard InChI is InChI=1S/C18H21N5O2/c1-24-10-7-20-17-15-14(21-18(19)22-17)5-8-23(15)11-13-4-2-3-12-6-9-25-16(12)13/h2-5,8H,6-7,9-11H2,1H3,(H3,19,20,21,22). The first-order valence-electron chi connectivity index (χ1n) is 8.35. The molecule has 0 saturated heterocycles. The number of nitrogens with two attached hydrogens (primary N) is 1. The van der Waals surface area contributed by atoms with Gasteiger partial charge >= 0.3 is 0 Å². The van der Waals surface area contributed by atoms with Crippen LogP contribution in [-0.2, 0) is 17.7 Å². The molecule has 3 N–H and O–H groups in total. The van der Waals surface area contributed by atoms with Gasteiger partial charge < -0.3 is 25.1 Å². The first-order chi connectivity index (χ1) is 12.3. The molecule has 0 spiro atoms. The van der Waals surface area contributed by atoms with E-state index in [-0.39, 0.29) is 5.95 Å². The lowest BCUT2D eigenvalue weighted by Crippen LogP contribution is -2.12. The van der Waals surface area contributed by atoms with Crippen molar-refractivity contribution in [1.82, 2.24) is 14.5 Å². The highest BCUT2D eigenvalue weighted by atomic mass is 16.5. The quantitative estimate of drug-likeness (QED) is 0.669. The Bertz CT molecular complexity index is 906. The van der Waals surface area contributed by atoms with Gasteiger partial charge in [-0.15, -0.1) is 0 Å². The van der Waals surface area contributed by atoms with Gasteiger partial charge in [0.1, 0.15) is 11.3 Å². The van der Waals surface area contributed by atoms with Gasteiger partial charge in [-0.1, -0.05) is 18.2 Å². The molecule has 0 amide bonds. The molecule has 2 aromatic heterocycles. The molecule has 0 fully saturated rings. The molecule has 4 rings (SSSR count). The zero-order valence-corrected chi connectivity index (χ0v) is 14.2. The highest BCUT2D eigenvalue weighted by molar-refractivity contribution is 5.87. The number of methoxy groups -OCH3 is 1. The number of hydrogen-bond acceptors (Lipinski definition) is 6. The molecule has 0 radical (unpaired) electrons. The third-order valence-electron chi connectivity index (χ3n) is 4.36. The summed E-state index contributed by atoms with van der Waals surface area (Å²) >= 11 is 0. The van der Waals surface area contributed by atoms with E-state index in [1.807, 2.05) is 12.3 Å². The van der Waals surface area contributed by atoms with Crippen LogP contribution in [0.15, 0.2) is 30.5 Å². The molecule has 3 aromatic rings. The van der Waals surface area contributed by atoms with Crippen LogP contribution in [0.4, 0.5) is 11.8 Å². The predicted octanol–water partition coefficient (Wildman–Crippen LogP) is 2.05. The molecule has 3 heterocycles. The van der Waals surface area contributed by atoms with Crippen LogP contribution in [-0.4, -0.2) is 41.4 Å². The van der Waals surface area contributed by atoms with Crippen LogP contribution in [0.25, 0.3) is 11.0 Å². The van der Waals surface area contributed by atoms with Crippen LogP contribution in [0.5, 0.6) is 5.75 Å². The average molecular weight is 339 g/mol. The molecule has 0 saturated carbocycles. The van der Waals surface area contributed by atoms with Crippen LogP contribution in [0.1, 0.15) is 11.1 Å². The zero-order valence-electron chi connectivity index (χ0n) is 14.2. The number of aromatic nitrogens is 3. The van der Waals surface area contributed by atoms with Crippen LogP contribution in [0, 0.1) is 0 Å². The maximum atomic E-state index is 5.84. The summed E-state index contributed by atoms with van der Waals surface area (Å²) in [5, 5.41) is 3.29. The van der Waals surface area contributed by atoms with Crippen molar-refractivity contribution in [3.05, 3.63) is 41.6 Å². The van der Waals surface area contributed by atoms with Crippen LogP contribution in [0.2, 0.25) is 0 Å². The number of rotatable bonds is 6. The Morgan fingerprint density at radius 3 is 3.12 bits per heavy atom. The number of hydrogen-bond donors (Lipinski definition) is 2. The summed E-state index contributed by atoms with van der Waals surface area (Å²) < 4.78 is 13.1.